The lowest BCUT2D eigenvalue weighted by Crippen LogP contribution is -1.85. The predicted molar refractivity (Wildman–Crippen MR) is 58.8 cm³/mol. The average molecular weight is 239 g/mol. The molecule has 0 aliphatic heterocycles. The molecule has 0 amide bonds. The van der Waals surface area contributed by atoms with Crippen LogP contribution in [0, 0.1) is 0 Å². The van der Waals surface area contributed by atoms with Gasteiger partial charge >= 0.3 is 0 Å². The van der Waals surface area contributed by atoms with Gasteiger partial charge in [-0.05, 0) is 24.1 Å². The molecule has 13 heavy (non-hydrogen) atoms. The first-order valence-corrected chi connectivity index (χ1v) is 5.18. The maximum atomic E-state index is 10.7. The van der Waals surface area contributed by atoms with E-state index >= 15 is 0 Å². The Labute approximate surface area is 86.6 Å². The van der Waals surface area contributed by atoms with Crippen molar-refractivity contribution in [3.05, 3.63) is 41.5 Å². The first-order chi connectivity index (χ1) is 6.24. The van der Waals surface area contributed by atoms with Crippen LogP contribution in [0.2, 0.25) is 0 Å². The van der Waals surface area contributed by atoms with E-state index in [0.29, 0.717) is 0 Å². The summed E-state index contributed by atoms with van der Waals surface area (Å²) in [7, 11) is 0. The van der Waals surface area contributed by atoms with E-state index in [0.717, 1.165) is 10.9 Å². The Morgan fingerprint density at radius 2 is 2.15 bits per heavy atom. The summed E-state index contributed by atoms with van der Waals surface area (Å²) in [6.07, 6.45) is 3.43. The molecule has 1 rings (SSSR count). The van der Waals surface area contributed by atoms with Gasteiger partial charge in [-0.2, -0.15) is 0 Å². The third-order valence-electron chi connectivity index (χ3n) is 1.70. The molecule has 0 bridgehead atoms. The van der Waals surface area contributed by atoms with Crippen molar-refractivity contribution in [2.24, 2.45) is 0 Å². The fourth-order valence-corrected chi connectivity index (χ4v) is 1.54. The molecule has 1 aromatic carbocycles. The van der Waals surface area contributed by atoms with Gasteiger partial charge in [-0.25, -0.2) is 0 Å². The molecule has 0 heterocycles. The van der Waals surface area contributed by atoms with E-state index in [9.17, 15) is 4.79 Å². The highest BCUT2D eigenvalue weighted by Crippen LogP contribution is 2.13. The maximum Gasteiger partial charge on any atom is 0.152 e. The number of carbonyl (C=O) groups is 1. The molecule has 0 saturated carbocycles. The predicted octanol–water partition coefficient (Wildman–Crippen LogP) is 3.18. The van der Waals surface area contributed by atoms with Crippen molar-refractivity contribution in [1.29, 1.82) is 0 Å². The van der Waals surface area contributed by atoms with Gasteiger partial charge in [0.1, 0.15) is 0 Å². The van der Waals surface area contributed by atoms with Crippen molar-refractivity contribution in [1.82, 2.24) is 0 Å². The third-order valence-corrected chi connectivity index (χ3v) is 2.30. The molecule has 0 fully saturated rings. The van der Waals surface area contributed by atoms with Gasteiger partial charge in [0, 0.05) is 5.33 Å². The largest absolute Gasteiger partial charge is 0.295 e. The minimum atomic E-state index is 0.0735. The highest BCUT2D eigenvalue weighted by atomic mass is 79.9. The summed E-state index contributed by atoms with van der Waals surface area (Å²) in [6, 6.07) is 7.98. The lowest BCUT2D eigenvalue weighted by Gasteiger charge is -1.99. The Balaban J connectivity index is 2.93. The average Bonchev–Trinajstić information content (AvgIpc) is 2.15. The number of rotatable bonds is 3. The van der Waals surface area contributed by atoms with Crippen molar-refractivity contribution >= 4 is 27.8 Å². The Hall–Kier alpha value is -0.890. The summed E-state index contributed by atoms with van der Waals surface area (Å²) >= 11 is 3.40. The molecule has 0 atom stereocenters. The lowest BCUT2D eigenvalue weighted by atomic mass is 10.1. The van der Waals surface area contributed by atoms with Crippen LogP contribution in [0.3, 0.4) is 0 Å². The minimum absolute atomic E-state index is 0.0735. The fraction of sp³-hybridized carbons (Fsp3) is 0.182. The van der Waals surface area contributed by atoms with Crippen LogP contribution in [0.4, 0.5) is 0 Å². The van der Waals surface area contributed by atoms with Gasteiger partial charge in [0.05, 0.1) is 0 Å². The van der Waals surface area contributed by atoms with Crippen molar-refractivity contribution in [2.45, 2.75) is 12.3 Å². The van der Waals surface area contributed by atoms with Crippen LogP contribution in [0.25, 0.3) is 6.08 Å². The molecule has 0 radical (unpaired) electrons. The quantitative estimate of drug-likeness (QED) is 0.584. The second kappa shape index (κ2) is 4.97. The molecule has 1 aromatic rings. The second-order valence-electron chi connectivity index (χ2n) is 2.78. The lowest BCUT2D eigenvalue weighted by molar-refractivity contribution is -0.112. The number of hydrogen-bond donors (Lipinski definition) is 0. The molecule has 0 N–H and O–H groups in total. The Morgan fingerprint density at radius 1 is 1.46 bits per heavy atom. The van der Waals surface area contributed by atoms with Crippen LogP contribution in [0.5, 0.6) is 0 Å². The Bertz CT molecular complexity index is 329. The Kier molecular flexibility index (Phi) is 3.90. The number of allylic oxidation sites excluding steroid dienone is 1. The minimum Gasteiger partial charge on any atom is -0.295 e. The van der Waals surface area contributed by atoms with E-state index in [-0.39, 0.29) is 5.78 Å². The number of ketones is 1. The standard InChI is InChI=1S/C11H11BrO/c1-9(13)6-7-10-4-2-3-5-11(10)8-12/h2-7H,8H2,1H3/b7-6+. The van der Waals surface area contributed by atoms with E-state index in [1.54, 1.807) is 13.0 Å². The van der Waals surface area contributed by atoms with E-state index < -0.39 is 0 Å². The van der Waals surface area contributed by atoms with Gasteiger partial charge in [-0.15, -0.1) is 0 Å². The van der Waals surface area contributed by atoms with E-state index in [1.807, 2.05) is 30.3 Å². The molecule has 0 unspecified atom stereocenters. The van der Waals surface area contributed by atoms with Crippen molar-refractivity contribution in [3.8, 4) is 0 Å². The van der Waals surface area contributed by atoms with Crippen molar-refractivity contribution in [2.75, 3.05) is 0 Å². The SMILES string of the molecule is CC(=O)/C=C/c1ccccc1CBr. The van der Waals surface area contributed by atoms with Crippen LogP contribution in [-0.4, -0.2) is 5.78 Å². The summed E-state index contributed by atoms with van der Waals surface area (Å²) in [4.78, 5) is 10.7. The molecule has 0 aliphatic rings. The second-order valence-corrected chi connectivity index (χ2v) is 3.34. The highest BCUT2D eigenvalue weighted by molar-refractivity contribution is 9.08. The number of alkyl halides is 1. The smallest absolute Gasteiger partial charge is 0.152 e. The summed E-state index contributed by atoms with van der Waals surface area (Å²) in [5, 5.41) is 0.811. The maximum absolute atomic E-state index is 10.7. The molecule has 1 nitrogen and oxygen atoms in total. The number of halogens is 1. The summed E-state index contributed by atoms with van der Waals surface area (Å²) < 4.78 is 0. The van der Waals surface area contributed by atoms with Crippen LogP contribution in [0.1, 0.15) is 18.1 Å². The molecule has 0 aromatic heterocycles. The topological polar surface area (TPSA) is 17.1 Å². The zero-order chi connectivity index (χ0) is 9.68. The summed E-state index contributed by atoms with van der Waals surface area (Å²) in [5.41, 5.74) is 2.29. The van der Waals surface area contributed by atoms with Gasteiger partial charge in [-0.3, -0.25) is 4.79 Å². The zero-order valence-electron chi connectivity index (χ0n) is 7.46. The van der Waals surface area contributed by atoms with Crippen LogP contribution in [-0.2, 0) is 10.1 Å². The monoisotopic (exact) mass is 238 g/mol. The molecule has 2 heteroatoms. The van der Waals surface area contributed by atoms with Gasteiger partial charge in [0.15, 0.2) is 5.78 Å². The summed E-state index contributed by atoms with van der Waals surface area (Å²) in [5.74, 6) is 0.0735. The van der Waals surface area contributed by atoms with Crippen molar-refractivity contribution in [3.63, 3.8) is 0 Å². The molecule has 0 spiro atoms. The van der Waals surface area contributed by atoms with Crippen LogP contribution in [0.15, 0.2) is 30.3 Å². The van der Waals surface area contributed by atoms with E-state index in [1.165, 1.54) is 5.56 Å². The number of hydrogen-bond acceptors (Lipinski definition) is 1. The first kappa shape index (κ1) is 10.2. The zero-order valence-corrected chi connectivity index (χ0v) is 9.04. The number of benzene rings is 1. The Morgan fingerprint density at radius 3 is 2.77 bits per heavy atom. The van der Waals surface area contributed by atoms with Gasteiger partial charge < -0.3 is 0 Å². The molecular formula is C11H11BrO. The highest BCUT2D eigenvalue weighted by Gasteiger charge is 1.95. The summed E-state index contributed by atoms with van der Waals surface area (Å²) in [6.45, 7) is 1.55. The van der Waals surface area contributed by atoms with Gasteiger partial charge in [-0.1, -0.05) is 46.3 Å². The molecule has 0 aliphatic carbocycles. The molecule has 68 valence electrons. The number of carbonyl (C=O) groups excluding carboxylic acids is 1. The van der Waals surface area contributed by atoms with E-state index in [4.69, 9.17) is 0 Å². The van der Waals surface area contributed by atoms with Crippen molar-refractivity contribution < 1.29 is 4.79 Å². The third kappa shape index (κ3) is 3.15. The van der Waals surface area contributed by atoms with Gasteiger partial charge in [0.2, 0.25) is 0 Å². The molecule has 0 saturated heterocycles. The molecular weight excluding hydrogens is 228 g/mol. The van der Waals surface area contributed by atoms with Crippen LogP contribution >= 0.6 is 15.9 Å². The van der Waals surface area contributed by atoms with E-state index in [2.05, 4.69) is 15.9 Å². The first-order valence-electron chi connectivity index (χ1n) is 4.06. The van der Waals surface area contributed by atoms with Crippen LogP contribution < -0.4 is 0 Å². The normalized spacial score (nSPS) is 10.6. The fourth-order valence-electron chi connectivity index (χ4n) is 1.03. The van der Waals surface area contributed by atoms with Gasteiger partial charge in [0.25, 0.3) is 0 Å².